The maximum Gasteiger partial charge on any atom is 0.143 e. The van der Waals surface area contributed by atoms with E-state index < -0.39 is 5.82 Å². The van der Waals surface area contributed by atoms with Crippen molar-refractivity contribution in [3.8, 4) is 6.07 Å². The summed E-state index contributed by atoms with van der Waals surface area (Å²) in [4.78, 5) is 0. The molecular formula is C15H17FN2. The number of hydrogen-bond acceptors (Lipinski definition) is 2. The summed E-state index contributed by atoms with van der Waals surface area (Å²) < 4.78 is 13.4. The number of halogens is 1. The van der Waals surface area contributed by atoms with E-state index in [0.29, 0.717) is 0 Å². The minimum Gasteiger partial charge on any atom is -0.385 e. The number of nitrogens with one attached hydrogen (secondary N) is 1. The Hall–Kier alpha value is -1.56. The standard InChI is InChI=1S/C15H17FN2/c16-15-7-14(4-3-12(15)8-17)18-9-13-6-10-1-2-11(13)5-10/h3-4,7,10-11,13,18H,1-2,5-6,9H2. The fraction of sp³-hybridized carbons (Fsp3) is 0.533. The third kappa shape index (κ3) is 2.08. The van der Waals surface area contributed by atoms with Gasteiger partial charge in [0.2, 0.25) is 0 Å². The normalized spacial score (nSPS) is 29.2. The molecule has 2 aliphatic rings. The molecule has 0 aromatic heterocycles. The summed E-state index contributed by atoms with van der Waals surface area (Å²) in [7, 11) is 0. The van der Waals surface area contributed by atoms with Crippen molar-refractivity contribution in [3.63, 3.8) is 0 Å². The smallest absolute Gasteiger partial charge is 0.143 e. The molecule has 2 bridgehead atoms. The third-order valence-electron chi connectivity index (χ3n) is 4.54. The number of nitriles is 1. The van der Waals surface area contributed by atoms with Gasteiger partial charge in [0.25, 0.3) is 0 Å². The molecule has 1 aromatic rings. The molecule has 0 aliphatic heterocycles. The van der Waals surface area contributed by atoms with E-state index >= 15 is 0 Å². The Balaban J connectivity index is 1.60. The largest absolute Gasteiger partial charge is 0.385 e. The maximum absolute atomic E-state index is 13.4. The van der Waals surface area contributed by atoms with E-state index in [4.69, 9.17) is 5.26 Å². The van der Waals surface area contributed by atoms with E-state index in [-0.39, 0.29) is 5.56 Å². The zero-order valence-electron chi connectivity index (χ0n) is 10.3. The van der Waals surface area contributed by atoms with Gasteiger partial charge in [-0.3, -0.25) is 0 Å². The topological polar surface area (TPSA) is 35.8 Å². The monoisotopic (exact) mass is 244 g/mol. The Morgan fingerprint density at radius 2 is 2.22 bits per heavy atom. The van der Waals surface area contributed by atoms with E-state index in [1.165, 1.54) is 31.7 Å². The van der Waals surface area contributed by atoms with Crippen molar-refractivity contribution in [1.82, 2.24) is 0 Å². The lowest BCUT2D eigenvalue weighted by molar-refractivity contribution is 0.348. The first-order valence-electron chi connectivity index (χ1n) is 6.70. The predicted molar refractivity (Wildman–Crippen MR) is 68.5 cm³/mol. The fourth-order valence-electron chi connectivity index (χ4n) is 3.59. The molecule has 3 heteroatoms. The first kappa shape index (κ1) is 11.5. The van der Waals surface area contributed by atoms with Gasteiger partial charge in [-0.1, -0.05) is 6.42 Å². The molecule has 3 atom stereocenters. The Morgan fingerprint density at radius 1 is 1.33 bits per heavy atom. The molecule has 1 aromatic carbocycles. The molecule has 0 heterocycles. The van der Waals surface area contributed by atoms with Crippen molar-refractivity contribution in [2.24, 2.45) is 17.8 Å². The van der Waals surface area contributed by atoms with Crippen LogP contribution in [0.15, 0.2) is 18.2 Å². The maximum atomic E-state index is 13.4. The number of fused-ring (bicyclic) bond motifs is 2. The average molecular weight is 244 g/mol. The van der Waals surface area contributed by atoms with Crippen LogP contribution in [0.5, 0.6) is 0 Å². The minimum absolute atomic E-state index is 0.112. The van der Waals surface area contributed by atoms with Crippen LogP contribution in [0, 0.1) is 34.9 Å². The lowest BCUT2D eigenvalue weighted by Gasteiger charge is -2.22. The summed E-state index contributed by atoms with van der Waals surface area (Å²) in [6.07, 6.45) is 5.51. The Kier molecular flexibility index (Phi) is 2.95. The lowest BCUT2D eigenvalue weighted by atomic mass is 9.89. The van der Waals surface area contributed by atoms with Crippen molar-refractivity contribution in [1.29, 1.82) is 5.26 Å². The SMILES string of the molecule is N#Cc1ccc(NCC2CC3CCC2C3)cc1F. The molecule has 2 nitrogen and oxygen atoms in total. The van der Waals surface area contributed by atoms with Crippen LogP contribution in [0.1, 0.15) is 31.2 Å². The van der Waals surface area contributed by atoms with Gasteiger partial charge < -0.3 is 5.32 Å². The molecule has 1 N–H and O–H groups in total. The fourth-order valence-corrected chi connectivity index (χ4v) is 3.59. The van der Waals surface area contributed by atoms with Gasteiger partial charge in [-0.15, -0.1) is 0 Å². The summed E-state index contributed by atoms with van der Waals surface area (Å²) in [5, 5.41) is 12.0. The van der Waals surface area contributed by atoms with E-state index in [0.717, 1.165) is 30.0 Å². The molecule has 2 saturated carbocycles. The second-order valence-electron chi connectivity index (χ2n) is 5.62. The van der Waals surface area contributed by atoms with Crippen molar-refractivity contribution < 1.29 is 4.39 Å². The van der Waals surface area contributed by atoms with Crippen molar-refractivity contribution in [2.45, 2.75) is 25.7 Å². The molecule has 3 rings (SSSR count). The highest BCUT2D eigenvalue weighted by Gasteiger charge is 2.38. The van der Waals surface area contributed by atoms with E-state index in [9.17, 15) is 4.39 Å². The van der Waals surface area contributed by atoms with Crippen LogP contribution in [0.25, 0.3) is 0 Å². The Morgan fingerprint density at radius 3 is 2.83 bits per heavy atom. The number of hydrogen-bond donors (Lipinski definition) is 1. The van der Waals surface area contributed by atoms with Crippen LogP contribution in [-0.4, -0.2) is 6.54 Å². The first-order chi connectivity index (χ1) is 8.76. The summed E-state index contributed by atoms with van der Waals surface area (Å²) >= 11 is 0. The van der Waals surface area contributed by atoms with Crippen LogP contribution < -0.4 is 5.32 Å². The van der Waals surface area contributed by atoms with Crippen LogP contribution >= 0.6 is 0 Å². The van der Waals surface area contributed by atoms with Gasteiger partial charge in [-0.05, 0) is 55.2 Å². The van der Waals surface area contributed by atoms with Crippen molar-refractivity contribution in [2.75, 3.05) is 11.9 Å². The van der Waals surface area contributed by atoms with E-state index in [2.05, 4.69) is 5.32 Å². The molecule has 18 heavy (non-hydrogen) atoms. The van der Waals surface area contributed by atoms with Crippen molar-refractivity contribution in [3.05, 3.63) is 29.6 Å². The summed E-state index contributed by atoms with van der Waals surface area (Å²) in [6, 6.07) is 6.59. The highest BCUT2D eigenvalue weighted by atomic mass is 19.1. The molecule has 2 aliphatic carbocycles. The van der Waals surface area contributed by atoms with Gasteiger partial charge in [0, 0.05) is 12.2 Å². The summed E-state index contributed by atoms with van der Waals surface area (Å²) in [5.41, 5.74) is 0.898. The highest BCUT2D eigenvalue weighted by molar-refractivity contribution is 5.48. The van der Waals surface area contributed by atoms with Crippen LogP contribution in [0.4, 0.5) is 10.1 Å². The number of benzene rings is 1. The van der Waals surface area contributed by atoms with Crippen LogP contribution in [0.2, 0.25) is 0 Å². The molecule has 0 amide bonds. The lowest BCUT2D eigenvalue weighted by Crippen LogP contribution is -2.20. The van der Waals surface area contributed by atoms with Gasteiger partial charge in [-0.2, -0.15) is 5.26 Å². The van der Waals surface area contributed by atoms with Crippen molar-refractivity contribution >= 4 is 5.69 Å². The van der Waals surface area contributed by atoms with Gasteiger partial charge >= 0.3 is 0 Å². The predicted octanol–water partition coefficient (Wildman–Crippen LogP) is 3.55. The zero-order chi connectivity index (χ0) is 12.5. The number of anilines is 1. The Bertz CT molecular complexity index is 492. The minimum atomic E-state index is -0.435. The molecule has 3 unspecified atom stereocenters. The molecule has 94 valence electrons. The average Bonchev–Trinajstić information content (AvgIpc) is 2.98. The van der Waals surface area contributed by atoms with Gasteiger partial charge in [0.1, 0.15) is 11.9 Å². The van der Waals surface area contributed by atoms with Crippen LogP contribution in [0.3, 0.4) is 0 Å². The second kappa shape index (κ2) is 4.61. The van der Waals surface area contributed by atoms with E-state index in [1.54, 1.807) is 12.1 Å². The quantitative estimate of drug-likeness (QED) is 0.882. The van der Waals surface area contributed by atoms with Crippen LogP contribution in [-0.2, 0) is 0 Å². The van der Waals surface area contributed by atoms with E-state index in [1.807, 2.05) is 6.07 Å². The molecular weight excluding hydrogens is 227 g/mol. The zero-order valence-corrected chi connectivity index (χ0v) is 10.3. The molecule has 2 fully saturated rings. The third-order valence-corrected chi connectivity index (χ3v) is 4.54. The molecule has 0 spiro atoms. The highest BCUT2D eigenvalue weighted by Crippen LogP contribution is 2.48. The second-order valence-corrected chi connectivity index (χ2v) is 5.62. The van der Waals surface area contributed by atoms with Gasteiger partial charge in [-0.25, -0.2) is 4.39 Å². The number of rotatable bonds is 3. The summed E-state index contributed by atoms with van der Waals surface area (Å²) in [5.74, 6) is 2.14. The first-order valence-corrected chi connectivity index (χ1v) is 6.70. The van der Waals surface area contributed by atoms with Gasteiger partial charge in [0.05, 0.1) is 5.56 Å². The summed E-state index contributed by atoms with van der Waals surface area (Å²) in [6.45, 7) is 0.937. The Labute approximate surface area is 107 Å². The molecule has 0 saturated heterocycles. The van der Waals surface area contributed by atoms with Gasteiger partial charge in [0.15, 0.2) is 0 Å². The molecule has 0 radical (unpaired) electrons. The number of nitrogens with zero attached hydrogens (tertiary/aromatic N) is 1.